The van der Waals surface area contributed by atoms with E-state index in [1.54, 1.807) is 30.3 Å². The molecule has 0 N–H and O–H groups in total. The number of rotatable bonds is 5. The van der Waals surface area contributed by atoms with Crippen LogP contribution in [0.3, 0.4) is 0 Å². The van der Waals surface area contributed by atoms with E-state index in [0.29, 0.717) is 12.2 Å². The highest BCUT2D eigenvalue weighted by Crippen LogP contribution is 2.44. The maximum absolute atomic E-state index is 13.3. The average Bonchev–Trinajstić information content (AvgIpc) is 3.14. The number of benzene rings is 2. The van der Waals surface area contributed by atoms with Crippen molar-refractivity contribution in [2.75, 3.05) is 4.90 Å². The van der Waals surface area contributed by atoms with Crippen LogP contribution in [0.5, 0.6) is 0 Å². The molecule has 0 saturated carbocycles. The molecule has 148 valence electrons. The third-order valence-corrected chi connectivity index (χ3v) is 6.34. The summed E-state index contributed by atoms with van der Waals surface area (Å²) in [6.45, 7) is 6.39. The molecule has 2 aromatic carbocycles. The van der Waals surface area contributed by atoms with Gasteiger partial charge in [0.05, 0.1) is 23.6 Å². The SMILES string of the molecule is C=CC1C2C(=O)N(c3ccc(Br)cc3)C(=O)C2C(C=O)N1Cc1cccc(C)c1. The van der Waals surface area contributed by atoms with Crippen molar-refractivity contribution in [2.24, 2.45) is 11.8 Å². The predicted molar refractivity (Wildman–Crippen MR) is 114 cm³/mol. The summed E-state index contributed by atoms with van der Waals surface area (Å²) in [6, 6.07) is 14.0. The molecule has 0 bridgehead atoms. The summed E-state index contributed by atoms with van der Waals surface area (Å²) >= 11 is 3.36. The number of likely N-dealkylation sites (tertiary alicyclic amines) is 1. The highest BCUT2D eigenvalue weighted by atomic mass is 79.9. The zero-order valence-electron chi connectivity index (χ0n) is 16.0. The van der Waals surface area contributed by atoms with Crippen molar-refractivity contribution in [3.63, 3.8) is 0 Å². The number of anilines is 1. The normalized spacial score (nSPS) is 26.6. The van der Waals surface area contributed by atoms with Gasteiger partial charge < -0.3 is 4.79 Å². The minimum absolute atomic E-state index is 0.272. The number of imide groups is 1. The molecule has 0 aliphatic carbocycles. The summed E-state index contributed by atoms with van der Waals surface area (Å²) in [4.78, 5) is 41.7. The number of carbonyl (C=O) groups excluding carboxylic acids is 3. The fourth-order valence-electron chi connectivity index (χ4n) is 4.56. The maximum Gasteiger partial charge on any atom is 0.239 e. The van der Waals surface area contributed by atoms with E-state index < -0.39 is 17.9 Å². The van der Waals surface area contributed by atoms with E-state index in [1.165, 1.54) is 4.90 Å². The molecule has 2 heterocycles. The van der Waals surface area contributed by atoms with Crippen LogP contribution in [0.2, 0.25) is 0 Å². The lowest BCUT2D eigenvalue weighted by Gasteiger charge is -2.29. The van der Waals surface area contributed by atoms with Gasteiger partial charge in [-0.05, 0) is 36.8 Å². The Kier molecular flexibility index (Phi) is 5.23. The summed E-state index contributed by atoms with van der Waals surface area (Å²) in [5.74, 6) is -1.90. The van der Waals surface area contributed by atoms with Gasteiger partial charge in [0.15, 0.2) is 0 Å². The van der Waals surface area contributed by atoms with Gasteiger partial charge in [-0.25, -0.2) is 4.90 Å². The van der Waals surface area contributed by atoms with Crippen LogP contribution >= 0.6 is 15.9 Å². The van der Waals surface area contributed by atoms with Gasteiger partial charge in [0, 0.05) is 17.1 Å². The number of aryl methyl sites for hydroxylation is 1. The summed E-state index contributed by atoms with van der Waals surface area (Å²) < 4.78 is 0.861. The molecule has 6 heteroatoms. The monoisotopic (exact) mass is 452 g/mol. The Bertz CT molecular complexity index is 954. The lowest BCUT2D eigenvalue weighted by atomic mass is 9.90. The maximum atomic E-state index is 13.3. The number of carbonyl (C=O) groups is 3. The van der Waals surface area contributed by atoms with E-state index in [0.717, 1.165) is 21.9 Å². The van der Waals surface area contributed by atoms with E-state index >= 15 is 0 Å². The molecular formula is C23H21BrN2O3. The first kappa shape index (κ1) is 19.7. The number of amides is 2. The van der Waals surface area contributed by atoms with Crippen LogP contribution < -0.4 is 4.90 Å². The number of halogens is 1. The lowest BCUT2D eigenvalue weighted by Crippen LogP contribution is -2.44. The van der Waals surface area contributed by atoms with Gasteiger partial charge in [-0.2, -0.15) is 0 Å². The van der Waals surface area contributed by atoms with Crippen molar-refractivity contribution in [3.8, 4) is 0 Å². The summed E-state index contributed by atoms with van der Waals surface area (Å²) in [5, 5.41) is 0. The first-order valence-electron chi connectivity index (χ1n) is 9.48. The third kappa shape index (κ3) is 3.26. The second-order valence-corrected chi connectivity index (χ2v) is 8.47. The highest BCUT2D eigenvalue weighted by Gasteiger charge is 2.61. The Hall–Kier alpha value is -2.57. The zero-order chi connectivity index (χ0) is 20.7. The van der Waals surface area contributed by atoms with Crippen LogP contribution in [0.25, 0.3) is 0 Å². The van der Waals surface area contributed by atoms with Crippen molar-refractivity contribution in [2.45, 2.75) is 25.6 Å². The van der Waals surface area contributed by atoms with Gasteiger partial charge >= 0.3 is 0 Å². The molecular weight excluding hydrogens is 432 g/mol. The van der Waals surface area contributed by atoms with Crippen LogP contribution in [0.4, 0.5) is 5.69 Å². The Morgan fingerprint density at radius 2 is 1.69 bits per heavy atom. The largest absolute Gasteiger partial charge is 0.302 e. The molecule has 2 aliphatic rings. The molecule has 29 heavy (non-hydrogen) atoms. The Balaban J connectivity index is 1.69. The molecule has 4 unspecified atom stereocenters. The summed E-state index contributed by atoms with van der Waals surface area (Å²) in [5.41, 5.74) is 2.68. The standard InChI is InChI=1S/C23H21BrN2O3/c1-3-18-20-21(19(13-27)25(18)12-15-6-4-5-14(2)11-15)23(29)26(22(20)28)17-9-7-16(24)8-10-17/h3-11,13,18-21H,1,12H2,2H3. The summed E-state index contributed by atoms with van der Waals surface area (Å²) in [7, 11) is 0. The molecule has 2 fully saturated rings. The molecule has 2 aliphatic heterocycles. The van der Waals surface area contributed by atoms with Crippen molar-refractivity contribution in [1.82, 2.24) is 4.90 Å². The molecule has 2 saturated heterocycles. The van der Waals surface area contributed by atoms with E-state index in [9.17, 15) is 14.4 Å². The Morgan fingerprint density at radius 3 is 2.28 bits per heavy atom. The van der Waals surface area contributed by atoms with E-state index in [2.05, 4.69) is 22.5 Å². The summed E-state index contributed by atoms with van der Waals surface area (Å²) in [6.07, 6.45) is 2.49. The van der Waals surface area contributed by atoms with Crippen molar-refractivity contribution in [1.29, 1.82) is 0 Å². The van der Waals surface area contributed by atoms with Gasteiger partial charge in [-0.3, -0.25) is 14.5 Å². The fraction of sp³-hybridized carbons (Fsp3) is 0.261. The molecule has 4 rings (SSSR count). The number of fused-ring (bicyclic) bond motifs is 1. The molecule has 0 radical (unpaired) electrons. The van der Waals surface area contributed by atoms with Crippen molar-refractivity contribution >= 4 is 39.7 Å². The minimum Gasteiger partial charge on any atom is -0.302 e. The van der Waals surface area contributed by atoms with Gasteiger partial charge in [0.25, 0.3) is 0 Å². The van der Waals surface area contributed by atoms with E-state index in [-0.39, 0.29) is 17.9 Å². The first-order chi connectivity index (χ1) is 14.0. The molecule has 5 nitrogen and oxygen atoms in total. The first-order valence-corrected chi connectivity index (χ1v) is 10.3. The topological polar surface area (TPSA) is 57.7 Å². The zero-order valence-corrected chi connectivity index (χ0v) is 17.6. The van der Waals surface area contributed by atoms with Gasteiger partial charge in [0.1, 0.15) is 6.29 Å². The second-order valence-electron chi connectivity index (χ2n) is 7.55. The van der Waals surface area contributed by atoms with Gasteiger partial charge in [-0.1, -0.05) is 51.8 Å². The van der Waals surface area contributed by atoms with Crippen molar-refractivity contribution in [3.05, 3.63) is 76.8 Å². The molecule has 0 spiro atoms. The lowest BCUT2D eigenvalue weighted by molar-refractivity contribution is -0.126. The number of hydrogen-bond acceptors (Lipinski definition) is 4. The molecule has 2 aromatic rings. The highest BCUT2D eigenvalue weighted by molar-refractivity contribution is 9.10. The van der Waals surface area contributed by atoms with Crippen LogP contribution in [0, 0.1) is 18.8 Å². The van der Waals surface area contributed by atoms with E-state index in [1.807, 2.05) is 36.1 Å². The quantitative estimate of drug-likeness (QED) is 0.395. The minimum atomic E-state index is -0.698. The molecule has 0 aromatic heterocycles. The molecule has 2 amide bonds. The van der Waals surface area contributed by atoms with Gasteiger partial charge in [0.2, 0.25) is 11.8 Å². The average molecular weight is 453 g/mol. The van der Waals surface area contributed by atoms with Crippen LogP contribution in [-0.4, -0.2) is 35.1 Å². The van der Waals surface area contributed by atoms with Crippen LogP contribution in [-0.2, 0) is 20.9 Å². The Labute approximate surface area is 178 Å². The smallest absolute Gasteiger partial charge is 0.239 e. The predicted octanol–water partition coefficient (Wildman–Crippen LogP) is 3.50. The van der Waals surface area contributed by atoms with Gasteiger partial charge in [-0.15, -0.1) is 6.58 Å². The molecule has 4 atom stereocenters. The van der Waals surface area contributed by atoms with Crippen LogP contribution in [0.1, 0.15) is 11.1 Å². The third-order valence-electron chi connectivity index (χ3n) is 5.81. The number of hydrogen-bond donors (Lipinski definition) is 0. The van der Waals surface area contributed by atoms with Crippen LogP contribution in [0.15, 0.2) is 65.7 Å². The number of nitrogens with zero attached hydrogens (tertiary/aromatic N) is 2. The Morgan fingerprint density at radius 1 is 1.03 bits per heavy atom. The van der Waals surface area contributed by atoms with E-state index in [4.69, 9.17) is 0 Å². The van der Waals surface area contributed by atoms with Crippen molar-refractivity contribution < 1.29 is 14.4 Å². The fourth-order valence-corrected chi connectivity index (χ4v) is 4.83. The number of aldehydes is 1. The second kappa shape index (κ2) is 7.69.